The van der Waals surface area contributed by atoms with Crippen LogP contribution in [0, 0.1) is 0 Å². The summed E-state index contributed by atoms with van der Waals surface area (Å²) in [4.78, 5) is 16.3. The number of aromatic amines is 1. The summed E-state index contributed by atoms with van der Waals surface area (Å²) in [5.74, 6) is 0.648. The summed E-state index contributed by atoms with van der Waals surface area (Å²) in [5, 5.41) is 5.91. The van der Waals surface area contributed by atoms with E-state index in [2.05, 4.69) is 25.3 Å². The lowest BCUT2D eigenvalue weighted by atomic mass is 10.2. The average molecular weight is 271 g/mol. The number of nitrogens with one attached hydrogen (secondary N) is 2. The molecule has 2 aromatic heterocycles. The zero-order chi connectivity index (χ0) is 13.1. The van der Waals surface area contributed by atoms with Crippen LogP contribution in [0.2, 0.25) is 0 Å². The first-order valence-corrected chi connectivity index (χ1v) is 6.86. The Bertz CT molecular complexity index is 681. The number of benzene rings is 1. The summed E-state index contributed by atoms with van der Waals surface area (Å²) in [7, 11) is 0. The molecule has 0 bridgehead atoms. The van der Waals surface area contributed by atoms with E-state index in [1.165, 1.54) is 11.8 Å². The van der Waals surface area contributed by atoms with Crippen molar-refractivity contribution in [3.05, 3.63) is 36.7 Å². The first-order valence-electron chi connectivity index (χ1n) is 6.04. The van der Waals surface area contributed by atoms with E-state index in [0.29, 0.717) is 5.95 Å². The summed E-state index contributed by atoms with van der Waals surface area (Å²) in [5.41, 5.74) is 0.933. The lowest BCUT2D eigenvalue weighted by Crippen LogP contribution is -2.03. The summed E-state index contributed by atoms with van der Waals surface area (Å²) < 4.78 is 0. The van der Waals surface area contributed by atoms with E-state index in [4.69, 9.17) is 0 Å². The molecule has 0 aliphatic rings. The number of para-hydroxylation sites is 1. The Kier molecular flexibility index (Phi) is 3.33. The fourth-order valence-electron chi connectivity index (χ4n) is 1.76. The number of rotatable bonds is 4. The Morgan fingerprint density at radius 2 is 2.16 bits per heavy atom. The maximum atomic E-state index is 4.55. The van der Waals surface area contributed by atoms with Crippen LogP contribution in [-0.2, 0) is 0 Å². The first-order chi connectivity index (χ1) is 9.36. The molecule has 0 aliphatic carbocycles. The number of imidazole rings is 1. The number of anilines is 1. The molecule has 0 spiro atoms. The number of hydrogen-bond donors (Lipinski definition) is 2. The highest BCUT2D eigenvalue weighted by Crippen LogP contribution is 2.30. The van der Waals surface area contributed by atoms with Crippen LogP contribution < -0.4 is 5.32 Å². The third-order valence-corrected chi connectivity index (χ3v) is 3.49. The molecular weight excluding hydrogens is 258 g/mol. The minimum Gasteiger partial charge on any atom is -0.354 e. The topological polar surface area (TPSA) is 66.5 Å². The van der Waals surface area contributed by atoms with Crippen molar-refractivity contribution in [1.29, 1.82) is 0 Å². The fraction of sp³-hybridized carbons (Fsp3) is 0.154. The Morgan fingerprint density at radius 3 is 2.95 bits per heavy atom. The maximum absolute atomic E-state index is 4.55. The Hall–Kier alpha value is -2.08. The smallest absolute Gasteiger partial charge is 0.224 e. The van der Waals surface area contributed by atoms with Crippen LogP contribution in [0.5, 0.6) is 0 Å². The van der Waals surface area contributed by atoms with Gasteiger partial charge >= 0.3 is 0 Å². The predicted octanol–water partition coefficient (Wildman–Crippen LogP) is 2.94. The highest BCUT2D eigenvalue weighted by atomic mass is 32.2. The van der Waals surface area contributed by atoms with E-state index in [1.54, 1.807) is 12.4 Å². The van der Waals surface area contributed by atoms with Crippen LogP contribution in [0.1, 0.15) is 6.92 Å². The third-order valence-electron chi connectivity index (χ3n) is 2.57. The molecule has 2 N–H and O–H groups in total. The van der Waals surface area contributed by atoms with E-state index in [0.717, 1.165) is 27.6 Å². The molecule has 6 heteroatoms. The van der Waals surface area contributed by atoms with E-state index in [-0.39, 0.29) is 0 Å². The molecule has 0 unspecified atom stereocenters. The molecule has 0 fully saturated rings. The molecule has 1 aromatic carbocycles. The number of H-pyrrole nitrogens is 1. The fourth-order valence-corrected chi connectivity index (χ4v) is 2.60. The molecule has 3 rings (SSSR count). The molecule has 0 radical (unpaired) electrons. The SMILES string of the molecule is CCNc1nc(Sc2ncc[nH]2)c2ccccc2n1. The van der Waals surface area contributed by atoms with Gasteiger partial charge in [-0.1, -0.05) is 18.2 Å². The van der Waals surface area contributed by atoms with Gasteiger partial charge in [0.2, 0.25) is 5.95 Å². The van der Waals surface area contributed by atoms with Gasteiger partial charge in [-0.2, -0.15) is 0 Å². The number of nitrogens with zero attached hydrogens (tertiary/aromatic N) is 3. The molecule has 0 atom stereocenters. The van der Waals surface area contributed by atoms with Crippen molar-refractivity contribution in [2.45, 2.75) is 17.1 Å². The van der Waals surface area contributed by atoms with Crippen molar-refractivity contribution in [1.82, 2.24) is 19.9 Å². The van der Waals surface area contributed by atoms with Gasteiger partial charge in [-0.25, -0.2) is 15.0 Å². The van der Waals surface area contributed by atoms with Gasteiger partial charge in [0.05, 0.1) is 5.52 Å². The summed E-state index contributed by atoms with van der Waals surface area (Å²) in [6.07, 6.45) is 3.54. The van der Waals surface area contributed by atoms with Gasteiger partial charge in [0.15, 0.2) is 5.16 Å². The standard InChI is InChI=1S/C13H13N5S/c1-2-14-12-17-10-6-4-3-5-9(10)11(18-12)19-13-15-7-8-16-13/h3-8H,2H2,1H3,(H,15,16)(H,14,17,18). The Morgan fingerprint density at radius 1 is 1.26 bits per heavy atom. The number of fused-ring (bicyclic) bond motifs is 1. The Labute approximate surface area is 114 Å². The average Bonchev–Trinajstić information content (AvgIpc) is 2.92. The highest BCUT2D eigenvalue weighted by Gasteiger charge is 2.09. The zero-order valence-corrected chi connectivity index (χ0v) is 11.2. The first kappa shape index (κ1) is 12.0. The molecule has 0 saturated carbocycles. The molecule has 0 saturated heterocycles. The number of hydrogen-bond acceptors (Lipinski definition) is 5. The minimum atomic E-state index is 0.648. The highest BCUT2D eigenvalue weighted by molar-refractivity contribution is 7.99. The van der Waals surface area contributed by atoms with Crippen LogP contribution >= 0.6 is 11.8 Å². The van der Waals surface area contributed by atoms with Crippen LogP contribution in [0.4, 0.5) is 5.95 Å². The lowest BCUT2D eigenvalue weighted by molar-refractivity contribution is 1.02. The van der Waals surface area contributed by atoms with Crippen molar-refractivity contribution >= 4 is 28.6 Å². The van der Waals surface area contributed by atoms with Gasteiger partial charge in [0.25, 0.3) is 0 Å². The second kappa shape index (κ2) is 5.27. The zero-order valence-electron chi connectivity index (χ0n) is 10.4. The second-order valence-corrected chi connectivity index (χ2v) is 4.87. The van der Waals surface area contributed by atoms with E-state index in [1.807, 2.05) is 31.2 Å². The van der Waals surface area contributed by atoms with E-state index < -0.39 is 0 Å². The minimum absolute atomic E-state index is 0.648. The molecular formula is C13H13N5S. The van der Waals surface area contributed by atoms with Crippen LogP contribution in [0.25, 0.3) is 10.9 Å². The normalized spacial score (nSPS) is 10.8. The van der Waals surface area contributed by atoms with Gasteiger partial charge < -0.3 is 10.3 Å². The monoisotopic (exact) mass is 271 g/mol. The summed E-state index contributed by atoms with van der Waals surface area (Å²) in [6, 6.07) is 7.98. The lowest BCUT2D eigenvalue weighted by Gasteiger charge is -2.07. The van der Waals surface area contributed by atoms with Crippen molar-refractivity contribution in [2.75, 3.05) is 11.9 Å². The van der Waals surface area contributed by atoms with Crippen LogP contribution in [0.15, 0.2) is 46.8 Å². The molecule has 96 valence electrons. The van der Waals surface area contributed by atoms with Crippen molar-refractivity contribution in [2.24, 2.45) is 0 Å². The van der Waals surface area contributed by atoms with Crippen molar-refractivity contribution in [3.8, 4) is 0 Å². The van der Waals surface area contributed by atoms with Crippen molar-refractivity contribution < 1.29 is 0 Å². The van der Waals surface area contributed by atoms with Gasteiger partial charge in [-0.3, -0.25) is 0 Å². The molecule has 0 amide bonds. The number of aromatic nitrogens is 4. The molecule has 0 aliphatic heterocycles. The summed E-state index contributed by atoms with van der Waals surface area (Å²) >= 11 is 1.51. The Balaban J connectivity index is 2.09. The largest absolute Gasteiger partial charge is 0.354 e. The molecule has 3 aromatic rings. The van der Waals surface area contributed by atoms with Gasteiger partial charge in [-0.05, 0) is 24.8 Å². The van der Waals surface area contributed by atoms with Crippen LogP contribution in [0.3, 0.4) is 0 Å². The molecule has 2 heterocycles. The van der Waals surface area contributed by atoms with E-state index in [9.17, 15) is 0 Å². The van der Waals surface area contributed by atoms with Crippen LogP contribution in [-0.4, -0.2) is 26.5 Å². The predicted molar refractivity (Wildman–Crippen MR) is 76.4 cm³/mol. The third kappa shape index (κ3) is 2.53. The van der Waals surface area contributed by atoms with Crippen molar-refractivity contribution in [3.63, 3.8) is 0 Å². The van der Waals surface area contributed by atoms with Gasteiger partial charge in [0, 0.05) is 24.3 Å². The second-order valence-electron chi connectivity index (χ2n) is 3.90. The quantitative estimate of drug-likeness (QED) is 0.714. The molecule has 5 nitrogen and oxygen atoms in total. The maximum Gasteiger partial charge on any atom is 0.224 e. The summed E-state index contributed by atoms with van der Waals surface area (Å²) in [6.45, 7) is 2.82. The van der Waals surface area contributed by atoms with Gasteiger partial charge in [0.1, 0.15) is 5.03 Å². The van der Waals surface area contributed by atoms with E-state index >= 15 is 0 Å². The molecule has 19 heavy (non-hydrogen) atoms. The van der Waals surface area contributed by atoms with Gasteiger partial charge in [-0.15, -0.1) is 0 Å².